The molecule has 2 aromatic rings. The van der Waals surface area contributed by atoms with E-state index in [9.17, 15) is 0 Å². The molecular formula is C11H13ClN2O. The van der Waals surface area contributed by atoms with E-state index in [1.165, 1.54) is 0 Å². The Hall–Kier alpha value is -1.06. The Bertz CT molecular complexity index is 465. The number of aromatic amines is 1. The van der Waals surface area contributed by atoms with Gasteiger partial charge in [-0.2, -0.15) is 0 Å². The molecule has 0 aliphatic carbocycles. The van der Waals surface area contributed by atoms with Crippen molar-refractivity contribution in [2.45, 2.75) is 25.9 Å². The Morgan fingerprint density at radius 3 is 3.07 bits per heavy atom. The van der Waals surface area contributed by atoms with Crippen LogP contribution in [0.2, 0.25) is 5.02 Å². The van der Waals surface area contributed by atoms with Crippen LogP contribution in [-0.4, -0.2) is 21.2 Å². The fourth-order valence-corrected chi connectivity index (χ4v) is 1.67. The second-order valence-electron chi connectivity index (χ2n) is 3.73. The van der Waals surface area contributed by atoms with Gasteiger partial charge in [0.05, 0.1) is 17.1 Å². The highest BCUT2D eigenvalue weighted by molar-refractivity contribution is 6.31. The number of nitrogens with one attached hydrogen (secondary N) is 1. The van der Waals surface area contributed by atoms with Gasteiger partial charge in [-0.25, -0.2) is 4.98 Å². The lowest BCUT2D eigenvalue weighted by atomic mass is 10.2. The van der Waals surface area contributed by atoms with Gasteiger partial charge in [-0.15, -0.1) is 0 Å². The van der Waals surface area contributed by atoms with Gasteiger partial charge in [0.25, 0.3) is 0 Å². The first-order valence-electron chi connectivity index (χ1n) is 4.97. The van der Waals surface area contributed by atoms with E-state index in [1.54, 1.807) is 6.92 Å². The summed E-state index contributed by atoms with van der Waals surface area (Å²) in [6, 6.07) is 5.57. The lowest BCUT2D eigenvalue weighted by Crippen LogP contribution is -2.02. The number of imidazole rings is 1. The van der Waals surface area contributed by atoms with Gasteiger partial charge in [0.15, 0.2) is 0 Å². The maximum Gasteiger partial charge on any atom is 0.107 e. The van der Waals surface area contributed by atoms with Crippen molar-refractivity contribution >= 4 is 22.6 Å². The summed E-state index contributed by atoms with van der Waals surface area (Å²) < 4.78 is 0. The highest BCUT2D eigenvalue weighted by atomic mass is 35.5. The van der Waals surface area contributed by atoms with Crippen LogP contribution >= 0.6 is 11.6 Å². The second kappa shape index (κ2) is 4.21. The molecule has 1 aromatic heterocycles. The summed E-state index contributed by atoms with van der Waals surface area (Å²) in [5.74, 6) is 0.896. The Morgan fingerprint density at radius 2 is 2.33 bits per heavy atom. The highest BCUT2D eigenvalue weighted by Gasteiger charge is 2.04. The van der Waals surface area contributed by atoms with E-state index in [-0.39, 0.29) is 6.10 Å². The molecule has 80 valence electrons. The number of aryl methyl sites for hydroxylation is 1. The lowest BCUT2D eigenvalue weighted by Gasteiger charge is -1.99. The summed E-state index contributed by atoms with van der Waals surface area (Å²) in [7, 11) is 0. The molecule has 0 saturated carbocycles. The molecule has 0 saturated heterocycles. The number of aliphatic hydroxyl groups is 1. The van der Waals surface area contributed by atoms with Gasteiger partial charge in [-0.3, -0.25) is 0 Å². The van der Waals surface area contributed by atoms with E-state index in [1.807, 2.05) is 18.2 Å². The van der Waals surface area contributed by atoms with Crippen LogP contribution in [0.15, 0.2) is 18.2 Å². The smallest absolute Gasteiger partial charge is 0.107 e. The van der Waals surface area contributed by atoms with E-state index in [0.29, 0.717) is 11.4 Å². The van der Waals surface area contributed by atoms with E-state index < -0.39 is 0 Å². The standard InChI is InChI=1S/C11H13ClN2O/c1-7(15)2-5-11-13-9-4-3-8(12)6-10(9)14-11/h3-4,6-7,15H,2,5H2,1H3,(H,13,14)/t7-/m0/s1. The molecule has 15 heavy (non-hydrogen) atoms. The Labute approximate surface area is 93.1 Å². The van der Waals surface area contributed by atoms with Gasteiger partial charge in [-0.1, -0.05) is 11.6 Å². The first kappa shape index (κ1) is 10.5. The minimum Gasteiger partial charge on any atom is -0.393 e. The third kappa shape index (κ3) is 2.49. The zero-order chi connectivity index (χ0) is 10.8. The molecule has 2 N–H and O–H groups in total. The van der Waals surface area contributed by atoms with Crippen LogP contribution in [0, 0.1) is 0 Å². The van der Waals surface area contributed by atoms with Crippen LogP contribution in [0.25, 0.3) is 11.0 Å². The molecule has 1 atom stereocenters. The Morgan fingerprint density at radius 1 is 1.53 bits per heavy atom. The molecule has 3 nitrogen and oxygen atoms in total. The topological polar surface area (TPSA) is 48.9 Å². The molecule has 4 heteroatoms. The van der Waals surface area contributed by atoms with E-state index in [2.05, 4.69) is 9.97 Å². The van der Waals surface area contributed by atoms with E-state index >= 15 is 0 Å². The SMILES string of the molecule is C[C@H](O)CCc1nc2ccc(Cl)cc2[nH]1. The molecule has 0 amide bonds. The number of aromatic nitrogens is 2. The van der Waals surface area contributed by atoms with E-state index in [0.717, 1.165) is 23.3 Å². The van der Waals surface area contributed by atoms with Gasteiger partial charge < -0.3 is 10.1 Å². The van der Waals surface area contributed by atoms with Crippen molar-refractivity contribution in [3.8, 4) is 0 Å². The molecule has 2 rings (SSSR count). The van der Waals surface area contributed by atoms with Crippen LogP contribution in [0.3, 0.4) is 0 Å². The molecule has 0 fully saturated rings. The largest absolute Gasteiger partial charge is 0.393 e. The van der Waals surface area contributed by atoms with Crippen molar-refractivity contribution < 1.29 is 5.11 Å². The maximum absolute atomic E-state index is 9.17. The molecule has 0 radical (unpaired) electrons. The highest BCUT2D eigenvalue weighted by Crippen LogP contribution is 2.17. The third-order valence-electron chi connectivity index (χ3n) is 2.29. The van der Waals surface area contributed by atoms with Gasteiger partial charge >= 0.3 is 0 Å². The van der Waals surface area contributed by atoms with Crippen LogP contribution in [0.4, 0.5) is 0 Å². The molecule has 1 aromatic carbocycles. The molecule has 1 heterocycles. The van der Waals surface area contributed by atoms with Crippen LogP contribution in [-0.2, 0) is 6.42 Å². The van der Waals surface area contributed by atoms with Gasteiger partial charge in [0.2, 0.25) is 0 Å². The number of hydrogen-bond acceptors (Lipinski definition) is 2. The number of fused-ring (bicyclic) bond motifs is 1. The lowest BCUT2D eigenvalue weighted by molar-refractivity contribution is 0.184. The minimum atomic E-state index is -0.290. The first-order chi connectivity index (χ1) is 7.15. The molecular weight excluding hydrogens is 212 g/mol. The Kier molecular flexibility index (Phi) is 2.93. The number of rotatable bonds is 3. The first-order valence-corrected chi connectivity index (χ1v) is 5.35. The summed E-state index contributed by atoms with van der Waals surface area (Å²) >= 11 is 5.87. The number of hydrogen-bond donors (Lipinski definition) is 2. The molecule has 0 spiro atoms. The Balaban J connectivity index is 2.23. The number of aliphatic hydroxyl groups excluding tert-OH is 1. The summed E-state index contributed by atoms with van der Waals surface area (Å²) in [5, 5.41) is 9.87. The number of nitrogens with zero attached hydrogens (tertiary/aromatic N) is 1. The fraction of sp³-hybridized carbons (Fsp3) is 0.364. The summed E-state index contributed by atoms with van der Waals surface area (Å²) in [4.78, 5) is 7.59. The van der Waals surface area contributed by atoms with Crippen molar-refractivity contribution in [2.24, 2.45) is 0 Å². The van der Waals surface area contributed by atoms with Crippen molar-refractivity contribution in [1.29, 1.82) is 0 Å². The summed E-state index contributed by atoms with van der Waals surface area (Å²) in [5.41, 5.74) is 1.86. The predicted molar refractivity (Wildman–Crippen MR) is 61.1 cm³/mol. The fourth-order valence-electron chi connectivity index (χ4n) is 1.50. The monoisotopic (exact) mass is 224 g/mol. The van der Waals surface area contributed by atoms with Crippen molar-refractivity contribution in [3.05, 3.63) is 29.0 Å². The van der Waals surface area contributed by atoms with Crippen LogP contribution < -0.4 is 0 Å². The molecule has 0 aliphatic rings. The summed E-state index contributed by atoms with van der Waals surface area (Å²) in [6.45, 7) is 1.78. The predicted octanol–water partition coefficient (Wildman–Crippen LogP) is 2.53. The van der Waals surface area contributed by atoms with Crippen molar-refractivity contribution in [3.63, 3.8) is 0 Å². The zero-order valence-corrected chi connectivity index (χ0v) is 9.25. The second-order valence-corrected chi connectivity index (χ2v) is 4.17. The number of halogens is 1. The van der Waals surface area contributed by atoms with Crippen LogP contribution in [0.1, 0.15) is 19.2 Å². The van der Waals surface area contributed by atoms with Crippen molar-refractivity contribution in [1.82, 2.24) is 9.97 Å². The average molecular weight is 225 g/mol. The van der Waals surface area contributed by atoms with Gasteiger partial charge in [0.1, 0.15) is 5.82 Å². The quantitative estimate of drug-likeness (QED) is 0.842. The third-order valence-corrected chi connectivity index (χ3v) is 2.53. The molecule has 0 aliphatic heterocycles. The number of benzene rings is 1. The van der Waals surface area contributed by atoms with Crippen molar-refractivity contribution in [2.75, 3.05) is 0 Å². The summed E-state index contributed by atoms with van der Waals surface area (Å²) in [6.07, 6.45) is 1.18. The number of H-pyrrole nitrogens is 1. The zero-order valence-electron chi connectivity index (χ0n) is 8.50. The maximum atomic E-state index is 9.17. The minimum absolute atomic E-state index is 0.290. The van der Waals surface area contributed by atoms with E-state index in [4.69, 9.17) is 16.7 Å². The van der Waals surface area contributed by atoms with Gasteiger partial charge in [-0.05, 0) is 31.5 Å². The van der Waals surface area contributed by atoms with Crippen LogP contribution in [0.5, 0.6) is 0 Å². The normalized spacial score (nSPS) is 13.3. The van der Waals surface area contributed by atoms with Gasteiger partial charge in [0, 0.05) is 11.4 Å². The molecule has 0 unspecified atom stereocenters. The average Bonchev–Trinajstić information content (AvgIpc) is 2.56. The molecule has 0 bridgehead atoms.